The largest absolute Gasteiger partial charge is 0.495 e. The van der Waals surface area contributed by atoms with Crippen molar-refractivity contribution in [3.05, 3.63) is 45.6 Å². The third-order valence-electron chi connectivity index (χ3n) is 4.62. The maximum absolute atomic E-state index is 12.7. The van der Waals surface area contributed by atoms with Gasteiger partial charge in [-0.3, -0.25) is 14.3 Å². The third-order valence-corrected chi connectivity index (χ3v) is 5.02. The molecule has 1 N–H and O–H groups in total. The SMILES string of the molecule is COc1ccccc1-n1cnc2nc(N3CCCCC3)[nH]c(=O)c2c1=S. The standard InChI is InChI=1S/C18H19N5O2S/c1-25-13-8-4-3-7-12(13)23-11-19-15-14(17(23)26)16(24)21-18(20-15)22-9-5-2-6-10-22/h3-4,7-8,11H,2,5-6,9-10H2,1H3,(H,20,21,24). The molecule has 1 fully saturated rings. The van der Waals surface area contributed by atoms with Crippen LogP contribution in [-0.2, 0) is 0 Å². The number of para-hydroxylation sites is 2. The first kappa shape index (κ1) is 16.7. The number of benzene rings is 1. The predicted molar refractivity (Wildman–Crippen MR) is 103 cm³/mol. The van der Waals surface area contributed by atoms with Crippen LogP contribution in [0.25, 0.3) is 16.7 Å². The van der Waals surface area contributed by atoms with Crippen LogP contribution < -0.4 is 15.2 Å². The Bertz CT molecular complexity index is 1070. The highest BCUT2D eigenvalue weighted by Crippen LogP contribution is 2.24. The number of hydrogen-bond acceptors (Lipinski definition) is 6. The Morgan fingerprint density at radius 2 is 1.96 bits per heavy atom. The molecule has 1 aliphatic rings. The molecule has 3 aromatic rings. The van der Waals surface area contributed by atoms with E-state index in [1.807, 2.05) is 24.3 Å². The molecule has 0 saturated carbocycles. The van der Waals surface area contributed by atoms with Crippen LogP contribution in [0.4, 0.5) is 5.95 Å². The van der Waals surface area contributed by atoms with Crippen molar-refractivity contribution in [1.29, 1.82) is 0 Å². The maximum Gasteiger partial charge on any atom is 0.264 e. The zero-order chi connectivity index (χ0) is 18.1. The molecule has 8 heteroatoms. The Kier molecular flexibility index (Phi) is 4.42. The van der Waals surface area contributed by atoms with Crippen LogP contribution >= 0.6 is 12.2 Å². The van der Waals surface area contributed by atoms with Crippen LogP contribution in [0.2, 0.25) is 0 Å². The van der Waals surface area contributed by atoms with Crippen molar-refractivity contribution >= 4 is 29.2 Å². The van der Waals surface area contributed by atoms with Crippen LogP contribution in [0.15, 0.2) is 35.4 Å². The molecule has 1 aliphatic heterocycles. The fourth-order valence-corrected chi connectivity index (χ4v) is 3.61. The van der Waals surface area contributed by atoms with Gasteiger partial charge in [-0.2, -0.15) is 4.98 Å². The average molecular weight is 369 g/mol. The van der Waals surface area contributed by atoms with Gasteiger partial charge in [0.25, 0.3) is 5.56 Å². The lowest BCUT2D eigenvalue weighted by Gasteiger charge is -2.26. The summed E-state index contributed by atoms with van der Waals surface area (Å²) in [5.41, 5.74) is 0.830. The lowest BCUT2D eigenvalue weighted by Crippen LogP contribution is -2.32. The number of ether oxygens (including phenoxy) is 1. The Labute approximate surface area is 155 Å². The molecular formula is C18H19N5O2S. The number of nitrogens with zero attached hydrogens (tertiary/aromatic N) is 4. The molecule has 0 aliphatic carbocycles. The van der Waals surface area contributed by atoms with Gasteiger partial charge in [0.1, 0.15) is 22.1 Å². The average Bonchev–Trinajstić information content (AvgIpc) is 2.68. The van der Waals surface area contributed by atoms with Gasteiger partial charge >= 0.3 is 0 Å². The van der Waals surface area contributed by atoms with Crippen LogP contribution in [0.5, 0.6) is 5.75 Å². The third kappa shape index (κ3) is 2.86. The number of nitrogens with one attached hydrogen (secondary N) is 1. The first-order valence-electron chi connectivity index (χ1n) is 8.59. The van der Waals surface area contributed by atoms with E-state index in [1.165, 1.54) is 6.42 Å². The Hall–Kier alpha value is -2.74. The molecule has 4 rings (SSSR count). The number of rotatable bonds is 3. The summed E-state index contributed by atoms with van der Waals surface area (Å²) in [6.45, 7) is 1.78. The highest BCUT2D eigenvalue weighted by molar-refractivity contribution is 7.71. The van der Waals surface area contributed by atoms with Crippen molar-refractivity contribution in [2.24, 2.45) is 0 Å². The molecule has 0 amide bonds. The number of aromatic amines is 1. The van der Waals surface area contributed by atoms with Gasteiger partial charge in [-0.1, -0.05) is 24.4 Å². The van der Waals surface area contributed by atoms with Crippen LogP contribution in [0, 0.1) is 4.64 Å². The summed E-state index contributed by atoms with van der Waals surface area (Å²) in [5, 5.41) is 0.314. The summed E-state index contributed by atoms with van der Waals surface area (Å²) in [7, 11) is 1.59. The number of piperidine rings is 1. The van der Waals surface area contributed by atoms with E-state index < -0.39 is 0 Å². The molecule has 2 aromatic heterocycles. The van der Waals surface area contributed by atoms with E-state index in [-0.39, 0.29) is 5.56 Å². The lowest BCUT2D eigenvalue weighted by atomic mass is 10.1. The number of aromatic nitrogens is 4. The maximum atomic E-state index is 12.7. The number of anilines is 1. The highest BCUT2D eigenvalue weighted by Gasteiger charge is 2.17. The molecule has 134 valence electrons. The zero-order valence-electron chi connectivity index (χ0n) is 14.4. The molecule has 26 heavy (non-hydrogen) atoms. The second-order valence-corrected chi connectivity index (χ2v) is 6.61. The molecule has 3 heterocycles. The van der Waals surface area contributed by atoms with Crippen molar-refractivity contribution in [3.8, 4) is 11.4 Å². The molecule has 1 aromatic carbocycles. The summed E-state index contributed by atoms with van der Waals surface area (Å²) in [6.07, 6.45) is 5.00. The minimum absolute atomic E-state index is 0.266. The van der Waals surface area contributed by atoms with Crippen molar-refractivity contribution in [1.82, 2.24) is 19.5 Å². The molecule has 0 bridgehead atoms. The van der Waals surface area contributed by atoms with Gasteiger partial charge in [-0.05, 0) is 31.4 Å². The van der Waals surface area contributed by atoms with E-state index in [0.717, 1.165) is 31.6 Å². The van der Waals surface area contributed by atoms with E-state index in [0.29, 0.717) is 27.4 Å². The normalized spacial score (nSPS) is 14.6. The quantitative estimate of drug-likeness (QED) is 0.716. The zero-order valence-corrected chi connectivity index (χ0v) is 15.3. The van der Waals surface area contributed by atoms with Crippen LogP contribution in [0.3, 0.4) is 0 Å². The molecule has 0 spiro atoms. The fraction of sp³-hybridized carbons (Fsp3) is 0.333. The number of hydrogen-bond donors (Lipinski definition) is 1. The second kappa shape index (κ2) is 6.87. The summed E-state index contributed by atoms with van der Waals surface area (Å²) in [4.78, 5) is 26.6. The van der Waals surface area contributed by atoms with E-state index in [2.05, 4.69) is 19.9 Å². The van der Waals surface area contributed by atoms with Gasteiger partial charge in [0.05, 0.1) is 12.8 Å². The van der Waals surface area contributed by atoms with Gasteiger partial charge in [-0.25, -0.2) is 4.98 Å². The molecule has 0 unspecified atom stereocenters. The smallest absolute Gasteiger partial charge is 0.264 e. The van der Waals surface area contributed by atoms with E-state index in [1.54, 1.807) is 18.0 Å². The highest BCUT2D eigenvalue weighted by atomic mass is 32.1. The molecule has 7 nitrogen and oxygen atoms in total. The summed E-state index contributed by atoms with van der Waals surface area (Å²) in [6, 6.07) is 7.46. The topological polar surface area (TPSA) is 76.0 Å². The van der Waals surface area contributed by atoms with Crippen LogP contribution in [-0.4, -0.2) is 39.7 Å². The molecule has 1 saturated heterocycles. The number of H-pyrrole nitrogens is 1. The lowest BCUT2D eigenvalue weighted by molar-refractivity contribution is 0.412. The Balaban J connectivity index is 1.87. The summed E-state index contributed by atoms with van der Waals surface area (Å²) >= 11 is 5.56. The van der Waals surface area contributed by atoms with Gasteiger partial charge in [-0.15, -0.1) is 0 Å². The van der Waals surface area contributed by atoms with E-state index in [9.17, 15) is 4.79 Å². The van der Waals surface area contributed by atoms with Gasteiger partial charge < -0.3 is 9.64 Å². The van der Waals surface area contributed by atoms with E-state index in [4.69, 9.17) is 17.0 Å². The summed E-state index contributed by atoms with van der Waals surface area (Å²) in [5.74, 6) is 1.22. The van der Waals surface area contributed by atoms with Gasteiger partial charge in [0, 0.05) is 13.1 Å². The van der Waals surface area contributed by atoms with Crippen LogP contribution in [0.1, 0.15) is 19.3 Å². The fourth-order valence-electron chi connectivity index (χ4n) is 3.28. The molecule has 0 atom stereocenters. The van der Waals surface area contributed by atoms with Crippen molar-refractivity contribution in [2.45, 2.75) is 19.3 Å². The van der Waals surface area contributed by atoms with Gasteiger partial charge in [0.2, 0.25) is 5.95 Å². The molecule has 0 radical (unpaired) electrons. The Morgan fingerprint density at radius 3 is 2.73 bits per heavy atom. The minimum atomic E-state index is -0.266. The monoisotopic (exact) mass is 369 g/mol. The second-order valence-electron chi connectivity index (χ2n) is 6.23. The molecular weight excluding hydrogens is 350 g/mol. The first-order valence-corrected chi connectivity index (χ1v) is 9.00. The minimum Gasteiger partial charge on any atom is -0.495 e. The number of methoxy groups -OCH3 is 1. The van der Waals surface area contributed by atoms with Gasteiger partial charge in [0.15, 0.2) is 5.65 Å². The number of fused-ring (bicyclic) bond motifs is 1. The van der Waals surface area contributed by atoms with Crippen molar-refractivity contribution in [2.75, 3.05) is 25.1 Å². The summed E-state index contributed by atoms with van der Waals surface area (Å²) < 4.78 is 7.43. The van der Waals surface area contributed by atoms with E-state index >= 15 is 0 Å². The van der Waals surface area contributed by atoms with Crippen molar-refractivity contribution in [3.63, 3.8) is 0 Å². The Morgan fingerprint density at radius 1 is 1.19 bits per heavy atom. The van der Waals surface area contributed by atoms with Crippen molar-refractivity contribution < 1.29 is 4.74 Å². The first-order chi connectivity index (χ1) is 12.7. The predicted octanol–water partition coefficient (Wildman–Crippen LogP) is 2.84.